The Morgan fingerprint density at radius 2 is 1.22 bits per heavy atom. The first-order chi connectivity index (χ1) is 23.9. The van der Waals surface area contributed by atoms with E-state index in [0.717, 1.165) is 5.56 Å². The van der Waals surface area contributed by atoms with E-state index in [1.807, 2.05) is 0 Å². The van der Waals surface area contributed by atoms with Gasteiger partial charge in [-0.05, 0) is 42.3 Å². The van der Waals surface area contributed by atoms with Gasteiger partial charge in [-0.15, -0.1) is 0 Å². The summed E-state index contributed by atoms with van der Waals surface area (Å²) in [4.78, 5) is -0.249. The number of fused-ring (bicyclic) bond motifs is 2. The molecule has 0 unspecified atom stereocenters. The maximum atomic E-state index is 15.7. The van der Waals surface area contributed by atoms with Gasteiger partial charge < -0.3 is 0 Å². The van der Waals surface area contributed by atoms with E-state index in [1.165, 1.54) is 24.3 Å². The van der Waals surface area contributed by atoms with E-state index >= 15 is 8.78 Å². The molecule has 0 amide bonds. The fraction of sp³-hybridized carbons (Fsp3) is 0.0588. The first kappa shape index (κ1) is 33.5. The van der Waals surface area contributed by atoms with Crippen LogP contribution in [0.4, 0.5) is 20.4 Å². The van der Waals surface area contributed by atoms with Crippen molar-refractivity contribution in [1.29, 1.82) is 0 Å². The quantitative estimate of drug-likeness (QED) is 0.136. The Morgan fingerprint density at radius 1 is 0.720 bits per heavy atom. The van der Waals surface area contributed by atoms with Crippen molar-refractivity contribution in [2.75, 3.05) is 14.9 Å². The molecule has 0 radical (unpaired) electrons. The van der Waals surface area contributed by atoms with Crippen molar-refractivity contribution in [3.8, 4) is 22.3 Å². The molecule has 7 rings (SSSR count). The lowest BCUT2D eigenvalue weighted by Crippen LogP contribution is -2.38. The van der Waals surface area contributed by atoms with Crippen LogP contribution in [-0.2, 0) is 20.0 Å². The number of nitrogens with one attached hydrogen (secondary N) is 3. The number of hydrogen-bond donors (Lipinski definition) is 3. The molecule has 0 saturated heterocycles. The van der Waals surface area contributed by atoms with Crippen molar-refractivity contribution in [2.24, 2.45) is 0 Å². The van der Waals surface area contributed by atoms with Crippen LogP contribution in [0.25, 0.3) is 44.1 Å². The summed E-state index contributed by atoms with van der Waals surface area (Å²) < 4.78 is 90.2. The molecule has 0 spiro atoms. The predicted octanol–water partition coefficient (Wildman–Crippen LogP) is 8.26. The zero-order valence-corrected chi connectivity index (χ0v) is 28.9. The van der Waals surface area contributed by atoms with E-state index in [9.17, 15) is 16.8 Å². The minimum absolute atomic E-state index is 0.0386. The molecule has 3 N–H and O–H groups in total. The molecule has 10 nitrogen and oxygen atoms in total. The number of benzene rings is 5. The molecule has 0 fully saturated rings. The highest BCUT2D eigenvalue weighted by Gasteiger charge is 2.34. The number of H-pyrrole nitrogens is 2. The second kappa shape index (κ2) is 12.7. The molecule has 0 atom stereocenters. The molecule has 5 aromatic carbocycles. The first-order valence-corrected chi connectivity index (χ1v) is 18.6. The zero-order valence-electron chi connectivity index (χ0n) is 25.7. The maximum Gasteiger partial charge on any atom is 0.266 e. The fourth-order valence-corrected chi connectivity index (χ4v) is 9.05. The van der Waals surface area contributed by atoms with E-state index in [-0.39, 0.29) is 53.7 Å². The lowest BCUT2D eigenvalue weighted by Gasteiger charge is -2.23. The molecule has 7 aromatic rings. The average Bonchev–Trinajstić information content (AvgIpc) is 3.71. The van der Waals surface area contributed by atoms with Crippen LogP contribution >= 0.6 is 23.2 Å². The van der Waals surface area contributed by atoms with Crippen LogP contribution in [0.2, 0.25) is 10.0 Å². The van der Waals surface area contributed by atoms with Gasteiger partial charge in [-0.2, -0.15) is 10.2 Å². The van der Waals surface area contributed by atoms with Gasteiger partial charge >= 0.3 is 0 Å². The smallest absolute Gasteiger partial charge is 0.266 e. The largest absolute Gasteiger partial charge is 0.273 e. The van der Waals surface area contributed by atoms with Crippen LogP contribution < -0.4 is 9.03 Å². The first-order valence-electron chi connectivity index (χ1n) is 14.8. The molecule has 0 bridgehead atoms. The highest BCUT2D eigenvalue weighted by molar-refractivity contribution is 7.96. The van der Waals surface area contributed by atoms with E-state index in [0.29, 0.717) is 15.4 Å². The van der Waals surface area contributed by atoms with Crippen molar-refractivity contribution >= 4 is 76.7 Å². The number of aryl methyl sites for hydroxylation is 1. The highest BCUT2D eigenvalue weighted by atomic mass is 35.5. The SMILES string of the molecule is Cc1ccc(S(=O)(=O)N(CS(=O)(=O)Nc2n[nH]c3c(F)c(Cl)c(-c4ccccc4)cc23)c2n[nH]c3c(F)c(Cl)c(-c4ccccc4)cc23)cc1. The van der Waals surface area contributed by atoms with E-state index < -0.39 is 43.4 Å². The van der Waals surface area contributed by atoms with Crippen LogP contribution in [-0.4, -0.2) is 43.1 Å². The molecule has 0 aliphatic rings. The Kier molecular flexibility index (Phi) is 8.50. The molecule has 2 heterocycles. The Morgan fingerprint density at radius 3 is 1.78 bits per heavy atom. The second-order valence-electron chi connectivity index (χ2n) is 11.3. The predicted molar refractivity (Wildman–Crippen MR) is 191 cm³/mol. The van der Waals surface area contributed by atoms with E-state index in [1.54, 1.807) is 79.7 Å². The van der Waals surface area contributed by atoms with Crippen molar-refractivity contribution in [3.05, 3.63) is 124 Å². The molecule has 254 valence electrons. The van der Waals surface area contributed by atoms with Gasteiger partial charge in [0.2, 0.25) is 0 Å². The summed E-state index contributed by atoms with van der Waals surface area (Å²) in [6.45, 7) is 1.76. The van der Waals surface area contributed by atoms with Crippen molar-refractivity contribution in [2.45, 2.75) is 11.8 Å². The summed E-state index contributed by atoms with van der Waals surface area (Å²) in [6.07, 6.45) is 0. The van der Waals surface area contributed by atoms with E-state index in [4.69, 9.17) is 23.2 Å². The van der Waals surface area contributed by atoms with Crippen molar-refractivity contribution in [3.63, 3.8) is 0 Å². The van der Waals surface area contributed by atoms with Crippen LogP contribution in [0.3, 0.4) is 0 Å². The molecule has 0 saturated carbocycles. The monoisotopic (exact) mass is 752 g/mol. The van der Waals surface area contributed by atoms with Crippen LogP contribution in [0.15, 0.2) is 102 Å². The summed E-state index contributed by atoms with van der Waals surface area (Å²) in [7, 11) is -9.36. The number of aromatic nitrogens is 4. The summed E-state index contributed by atoms with van der Waals surface area (Å²) in [5.41, 5.74) is 1.95. The van der Waals surface area contributed by atoms with Gasteiger partial charge in [0, 0.05) is 21.9 Å². The van der Waals surface area contributed by atoms with Gasteiger partial charge in [-0.3, -0.25) is 14.9 Å². The van der Waals surface area contributed by atoms with Gasteiger partial charge in [0.15, 0.2) is 29.1 Å². The van der Waals surface area contributed by atoms with Gasteiger partial charge in [0.05, 0.1) is 14.9 Å². The third kappa shape index (κ3) is 5.93. The highest BCUT2D eigenvalue weighted by Crippen LogP contribution is 2.40. The number of hydrogen-bond acceptors (Lipinski definition) is 6. The van der Waals surface area contributed by atoms with Crippen molar-refractivity contribution in [1.82, 2.24) is 20.4 Å². The molecule has 16 heteroatoms. The summed E-state index contributed by atoms with van der Waals surface area (Å²) in [5.74, 6) is -3.72. The molecule has 0 aliphatic heterocycles. The average molecular weight is 754 g/mol. The lowest BCUT2D eigenvalue weighted by molar-refractivity contribution is 0.585. The molecule has 0 aliphatic carbocycles. The van der Waals surface area contributed by atoms with Gasteiger partial charge in [-0.1, -0.05) is 102 Å². The Labute approximate surface area is 294 Å². The van der Waals surface area contributed by atoms with Crippen LogP contribution in [0.5, 0.6) is 0 Å². The normalized spacial score (nSPS) is 12.1. The molecular weight excluding hydrogens is 729 g/mol. The lowest BCUT2D eigenvalue weighted by atomic mass is 10.0. The Hall–Kier alpha value is -5.02. The standard InChI is InChI=1S/C34H24Cl2F2N6O4S2/c1-19-12-14-22(15-13-19)50(47,48)44(34-26-17-24(21-10-6-3-7-11-21)28(36)30(38)32(26)40-42-34)18-49(45,46)43-33-25-16-23(20-8-4-2-5-9-20)27(35)29(37)31(25)39-41-33/h2-17H,18H2,1H3,(H,40,42)(H2,39,41,43). The van der Waals surface area contributed by atoms with Gasteiger partial charge in [-0.25, -0.2) is 29.9 Å². The second-order valence-corrected chi connectivity index (χ2v) is 15.6. The van der Waals surface area contributed by atoms with Gasteiger partial charge in [0.25, 0.3) is 20.0 Å². The minimum Gasteiger partial charge on any atom is -0.273 e. The minimum atomic E-state index is -4.69. The van der Waals surface area contributed by atoms with Crippen LogP contribution in [0.1, 0.15) is 5.56 Å². The molecule has 2 aromatic heterocycles. The number of halogens is 4. The zero-order chi connectivity index (χ0) is 35.4. The summed E-state index contributed by atoms with van der Waals surface area (Å²) in [6, 6.07) is 25.9. The molecular formula is C34H24Cl2F2N6O4S2. The number of anilines is 2. The number of sulfonamides is 2. The third-order valence-corrected chi connectivity index (χ3v) is 11.8. The third-order valence-electron chi connectivity index (χ3n) is 8.02. The number of nitrogens with zero attached hydrogens (tertiary/aromatic N) is 3. The van der Waals surface area contributed by atoms with Crippen molar-refractivity contribution < 1.29 is 25.6 Å². The fourth-order valence-electron chi connectivity index (χ4n) is 5.51. The topological polar surface area (TPSA) is 141 Å². The van der Waals surface area contributed by atoms with Gasteiger partial charge in [0.1, 0.15) is 11.0 Å². The number of aromatic amines is 2. The maximum absolute atomic E-state index is 15.7. The Balaban J connectivity index is 1.35. The summed E-state index contributed by atoms with van der Waals surface area (Å²) >= 11 is 12.7. The Bertz CT molecular complexity index is 2640. The number of rotatable bonds is 9. The molecule has 50 heavy (non-hydrogen) atoms. The van der Waals surface area contributed by atoms with E-state index in [2.05, 4.69) is 25.1 Å². The van der Waals surface area contributed by atoms with Crippen LogP contribution in [0, 0.1) is 18.6 Å². The summed E-state index contributed by atoms with van der Waals surface area (Å²) in [5, 5.41) is 12.5.